The van der Waals surface area contributed by atoms with Crippen molar-refractivity contribution in [3.63, 3.8) is 0 Å². The standard InChI is InChI=1S/C24H22F5N3O3/c1-12-17(14-4-5-15(25)18(26)19(14)34-3)20(35-22(12,2)24(27,28)29)21(33)32-13-6-9-31-16(10-13)23(11-30)7-8-23/h4-6,9-10,12,17,20H,7-8H2,1-3H3,(H,31,32,33)/t12-,17-,20+,22+/m0/s1. The number of anilines is 1. The third kappa shape index (κ3) is 3.99. The second-order valence-corrected chi connectivity index (χ2v) is 9.05. The molecule has 2 fully saturated rings. The van der Waals surface area contributed by atoms with Crippen LogP contribution in [0.15, 0.2) is 30.5 Å². The number of amides is 1. The first-order valence-corrected chi connectivity index (χ1v) is 10.8. The normalized spacial score (nSPS) is 27.2. The molecule has 2 aliphatic rings. The number of carbonyl (C=O) groups is 1. The second-order valence-electron chi connectivity index (χ2n) is 9.05. The summed E-state index contributed by atoms with van der Waals surface area (Å²) >= 11 is 0. The number of nitrogens with zero attached hydrogens (tertiary/aromatic N) is 2. The minimum Gasteiger partial charge on any atom is -0.493 e. The lowest BCUT2D eigenvalue weighted by molar-refractivity contribution is -0.272. The van der Waals surface area contributed by atoms with Crippen LogP contribution in [0.2, 0.25) is 0 Å². The predicted molar refractivity (Wildman–Crippen MR) is 114 cm³/mol. The molecule has 1 N–H and O–H groups in total. The molecule has 11 heteroatoms. The lowest BCUT2D eigenvalue weighted by Crippen LogP contribution is -2.47. The van der Waals surface area contributed by atoms with Gasteiger partial charge in [-0.25, -0.2) is 4.39 Å². The quantitative estimate of drug-likeness (QED) is 0.590. The van der Waals surface area contributed by atoms with Gasteiger partial charge >= 0.3 is 6.18 Å². The molecule has 6 nitrogen and oxygen atoms in total. The fourth-order valence-corrected chi connectivity index (χ4v) is 4.57. The zero-order valence-corrected chi connectivity index (χ0v) is 19.0. The van der Waals surface area contributed by atoms with Gasteiger partial charge in [-0.3, -0.25) is 9.78 Å². The molecule has 0 radical (unpaired) electrons. The van der Waals surface area contributed by atoms with Crippen LogP contribution in [0.25, 0.3) is 0 Å². The summed E-state index contributed by atoms with van der Waals surface area (Å²) < 4.78 is 80.7. The van der Waals surface area contributed by atoms with E-state index in [1.165, 1.54) is 25.3 Å². The van der Waals surface area contributed by atoms with Crippen LogP contribution in [0.5, 0.6) is 5.75 Å². The maximum atomic E-state index is 14.4. The summed E-state index contributed by atoms with van der Waals surface area (Å²) in [6, 6.07) is 6.97. The topological polar surface area (TPSA) is 84.2 Å². The van der Waals surface area contributed by atoms with Crippen LogP contribution < -0.4 is 10.1 Å². The first-order valence-electron chi connectivity index (χ1n) is 10.8. The van der Waals surface area contributed by atoms with E-state index in [2.05, 4.69) is 16.4 Å². The van der Waals surface area contributed by atoms with Gasteiger partial charge < -0.3 is 14.8 Å². The van der Waals surface area contributed by atoms with Crippen LogP contribution in [0.4, 0.5) is 27.6 Å². The SMILES string of the molecule is COc1c([C@H]2[C@H](C(=O)Nc3ccnc(C4(C#N)CC4)c3)O[C@@](C)(C(F)(F)F)[C@H]2C)ccc(F)c1F. The van der Waals surface area contributed by atoms with Gasteiger partial charge in [0.1, 0.15) is 6.10 Å². The van der Waals surface area contributed by atoms with E-state index in [-0.39, 0.29) is 11.3 Å². The van der Waals surface area contributed by atoms with Crippen LogP contribution >= 0.6 is 0 Å². The van der Waals surface area contributed by atoms with Crippen molar-refractivity contribution in [3.8, 4) is 11.8 Å². The van der Waals surface area contributed by atoms with Crippen LogP contribution in [0.3, 0.4) is 0 Å². The number of carbonyl (C=O) groups excluding carboxylic acids is 1. The molecule has 1 saturated heterocycles. The highest BCUT2D eigenvalue weighted by Gasteiger charge is 2.66. The number of methoxy groups -OCH3 is 1. The molecule has 1 aromatic carbocycles. The van der Waals surface area contributed by atoms with Gasteiger partial charge in [0.05, 0.1) is 24.3 Å². The molecule has 2 heterocycles. The largest absolute Gasteiger partial charge is 0.493 e. The summed E-state index contributed by atoms with van der Waals surface area (Å²) in [5, 5.41) is 11.9. The van der Waals surface area contributed by atoms with Gasteiger partial charge in [0, 0.05) is 29.3 Å². The number of rotatable bonds is 5. The highest BCUT2D eigenvalue weighted by molar-refractivity contribution is 5.95. The number of hydrogen-bond acceptors (Lipinski definition) is 5. The molecule has 4 rings (SSSR count). The number of aromatic nitrogens is 1. The molecule has 2 aromatic rings. The van der Waals surface area contributed by atoms with Gasteiger partial charge in [0.15, 0.2) is 17.2 Å². The summed E-state index contributed by atoms with van der Waals surface area (Å²) in [5.74, 6) is -6.80. The van der Waals surface area contributed by atoms with E-state index < -0.39 is 58.4 Å². The average Bonchev–Trinajstić information content (AvgIpc) is 3.56. The van der Waals surface area contributed by atoms with Crippen molar-refractivity contribution in [2.45, 2.75) is 55.9 Å². The van der Waals surface area contributed by atoms with Gasteiger partial charge in [-0.05, 0) is 38.0 Å². The van der Waals surface area contributed by atoms with Crippen LogP contribution in [-0.4, -0.2) is 35.9 Å². The summed E-state index contributed by atoms with van der Waals surface area (Å²) in [6.45, 7) is 2.05. The molecule has 1 aliphatic carbocycles. The van der Waals surface area contributed by atoms with Crippen LogP contribution in [0, 0.1) is 28.9 Å². The Balaban J connectivity index is 1.73. The summed E-state index contributed by atoms with van der Waals surface area (Å²) in [7, 11) is 1.06. The third-order valence-electron chi connectivity index (χ3n) is 7.05. The number of alkyl halides is 3. The Hall–Kier alpha value is -3.26. The van der Waals surface area contributed by atoms with Crippen molar-refractivity contribution in [1.29, 1.82) is 5.26 Å². The molecule has 35 heavy (non-hydrogen) atoms. The minimum absolute atomic E-state index is 0.121. The highest BCUT2D eigenvalue weighted by Crippen LogP contribution is 2.55. The van der Waals surface area contributed by atoms with Crippen molar-refractivity contribution < 1.29 is 36.2 Å². The van der Waals surface area contributed by atoms with Crippen molar-refractivity contribution >= 4 is 11.6 Å². The number of nitriles is 1. The van der Waals surface area contributed by atoms with Gasteiger partial charge in [0.25, 0.3) is 5.91 Å². The molecular weight excluding hydrogens is 473 g/mol. The number of pyridine rings is 1. The fraction of sp³-hybridized carbons (Fsp3) is 0.458. The van der Waals surface area contributed by atoms with E-state index in [4.69, 9.17) is 9.47 Å². The number of ether oxygens (including phenoxy) is 2. The zero-order valence-electron chi connectivity index (χ0n) is 19.0. The Kier molecular flexibility index (Phi) is 6.00. The van der Waals surface area contributed by atoms with Gasteiger partial charge in [-0.1, -0.05) is 13.0 Å². The molecule has 1 aliphatic heterocycles. The van der Waals surface area contributed by atoms with E-state index >= 15 is 0 Å². The van der Waals surface area contributed by atoms with Gasteiger partial charge in [-0.15, -0.1) is 0 Å². The molecule has 1 aromatic heterocycles. The number of hydrogen-bond donors (Lipinski definition) is 1. The molecular formula is C24H22F5N3O3. The Morgan fingerprint density at radius 2 is 1.97 bits per heavy atom. The van der Waals surface area contributed by atoms with Crippen molar-refractivity contribution in [2.75, 3.05) is 12.4 Å². The van der Waals surface area contributed by atoms with Crippen LogP contribution in [0.1, 0.15) is 43.9 Å². The van der Waals surface area contributed by atoms with E-state index in [9.17, 15) is 32.0 Å². The van der Waals surface area contributed by atoms with E-state index in [0.29, 0.717) is 18.5 Å². The number of nitrogens with one attached hydrogen (secondary N) is 1. The maximum Gasteiger partial charge on any atom is 0.417 e. The lowest BCUT2D eigenvalue weighted by atomic mass is 9.77. The first kappa shape index (κ1) is 24.9. The van der Waals surface area contributed by atoms with Crippen molar-refractivity contribution in [1.82, 2.24) is 4.98 Å². The molecule has 0 spiro atoms. The molecule has 4 atom stereocenters. The fourth-order valence-electron chi connectivity index (χ4n) is 4.57. The van der Waals surface area contributed by atoms with Gasteiger partial charge in [-0.2, -0.15) is 22.8 Å². The smallest absolute Gasteiger partial charge is 0.417 e. The number of benzene rings is 1. The summed E-state index contributed by atoms with van der Waals surface area (Å²) in [4.78, 5) is 17.4. The van der Waals surface area contributed by atoms with E-state index in [0.717, 1.165) is 26.2 Å². The highest BCUT2D eigenvalue weighted by atomic mass is 19.4. The summed E-state index contributed by atoms with van der Waals surface area (Å²) in [6.07, 6.45) is -3.97. The Morgan fingerprint density at radius 3 is 2.54 bits per heavy atom. The molecule has 0 bridgehead atoms. The average molecular weight is 495 g/mol. The third-order valence-corrected chi connectivity index (χ3v) is 7.05. The molecule has 186 valence electrons. The van der Waals surface area contributed by atoms with Gasteiger partial charge in [0.2, 0.25) is 5.82 Å². The Labute approximate surface area is 198 Å². The number of halogens is 5. The maximum absolute atomic E-state index is 14.4. The second kappa shape index (κ2) is 8.45. The zero-order chi connectivity index (χ0) is 25.8. The first-order chi connectivity index (χ1) is 16.4. The monoisotopic (exact) mass is 495 g/mol. The summed E-state index contributed by atoms with van der Waals surface area (Å²) in [5.41, 5.74) is -2.96. The minimum atomic E-state index is -4.86. The van der Waals surface area contributed by atoms with Crippen molar-refractivity contribution in [2.24, 2.45) is 5.92 Å². The predicted octanol–water partition coefficient (Wildman–Crippen LogP) is 5.00. The Morgan fingerprint density at radius 1 is 1.29 bits per heavy atom. The van der Waals surface area contributed by atoms with Crippen LogP contribution in [-0.2, 0) is 14.9 Å². The van der Waals surface area contributed by atoms with E-state index in [1.807, 2.05) is 0 Å². The van der Waals surface area contributed by atoms with Crippen molar-refractivity contribution in [3.05, 3.63) is 53.4 Å². The Bertz CT molecular complexity index is 1210. The molecule has 1 amide bonds. The molecule has 0 unspecified atom stereocenters. The van der Waals surface area contributed by atoms with E-state index in [1.54, 1.807) is 0 Å². The molecule has 1 saturated carbocycles. The lowest BCUT2D eigenvalue weighted by Gasteiger charge is -2.32.